The maximum Gasteiger partial charge on any atom is 0.222 e. The van der Waals surface area contributed by atoms with Crippen molar-refractivity contribution in [2.24, 2.45) is 10.8 Å². The minimum absolute atomic E-state index is 0.112. The zero-order valence-electron chi connectivity index (χ0n) is 17.9. The van der Waals surface area contributed by atoms with Crippen LogP contribution < -0.4 is 0 Å². The molecule has 1 aliphatic rings. The molecule has 0 fully saturated rings. The van der Waals surface area contributed by atoms with Crippen LogP contribution in [0.25, 0.3) is 0 Å². The van der Waals surface area contributed by atoms with Crippen LogP contribution in [0.15, 0.2) is 36.5 Å². The molecule has 1 amide bonds. The van der Waals surface area contributed by atoms with Crippen molar-refractivity contribution in [1.82, 2.24) is 4.90 Å². The first-order valence-corrected chi connectivity index (χ1v) is 10.6. The zero-order valence-corrected chi connectivity index (χ0v) is 17.9. The lowest BCUT2D eigenvalue weighted by Crippen LogP contribution is -2.43. The summed E-state index contributed by atoms with van der Waals surface area (Å²) in [6.45, 7) is 16.7. The van der Waals surface area contributed by atoms with E-state index in [0.29, 0.717) is 12.3 Å². The van der Waals surface area contributed by atoms with Crippen LogP contribution in [0.4, 0.5) is 0 Å². The van der Waals surface area contributed by atoms with Gasteiger partial charge in [0.15, 0.2) is 0 Å². The predicted molar refractivity (Wildman–Crippen MR) is 114 cm³/mol. The van der Waals surface area contributed by atoms with Gasteiger partial charge in [-0.25, -0.2) is 0 Å². The van der Waals surface area contributed by atoms with Gasteiger partial charge in [0.05, 0.1) is 0 Å². The first-order valence-electron chi connectivity index (χ1n) is 10.6. The van der Waals surface area contributed by atoms with Gasteiger partial charge < -0.3 is 4.90 Å². The van der Waals surface area contributed by atoms with Crippen molar-refractivity contribution in [3.05, 3.63) is 36.5 Å². The summed E-state index contributed by atoms with van der Waals surface area (Å²) in [5.41, 5.74) is 1.42. The molecule has 1 rings (SSSR count). The van der Waals surface area contributed by atoms with Crippen LogP contribution in [0.3, 0.4) is 0 Å². The zero-order chi connectivity index (χ0) is 19.6. The summed E-state index contributed by atoms with van der Waals surface area (Å²) in [5, 5.41) is 0. The van der Waals surface area contributed by atoms with E-state index in [1.165, 1.54) is 24.8 Å². The van der Waals surface area contributed by atoms with Gasteiger partial charge in [-0.15, -0.1) is 6.58 Å². The Morgan fingerprint density at radius 2 is 1.88 bits per heavy atom. The molecule has 0 N–H and O–H groups in total. The van der Waals surface area contributed by atoms with E-state index in [-0.39, 0.29) is 10.8 Å². The number of carbonyl (C=O) groups is 1. The molecule has 0 saturated heterocycles. The second kappa shape index (κ2) is 10.7. The lowest BCUT2D eigenvalue weighted by Gasteiger charge is -2.41. The normalized spacial score (nSPS) is 28.3. The van der Waals surface area contributed by atoms with Crippen LogP contribution >= 0.6 is 0 Å². The molecule has 0 aliphatic carbocycles. The van der Waals surface area contributed by atoms with Crippen molar-refractivity contribution < 1.29 is 4.79 Å². The highest BCUT2D eigenvalue weighted by atomic mass is 16.2. The minimum Gasteiger partial charge on any atom is -0.341 e. The average molecular weight is 360 g/mol. The molecule has 1 aliphatic heterocycles. The van der Waals surface area contributed by atoms with Crippen molar-refractivity contribution in [2.75, 3.05) is 13.1 Å². The Kier molecular flexibility index (Phi) is 9.39. The van der Waals surface area contributed by atoms with Gasteiger partial charge in [-0.1, -0.05) is 76.8 Å². The molecule has 2 atom stereocenters. The smallest absolute Gasteiger partial charge is 0.222 e. The monoisotopic (exact) mass is 359 g/mol. The summed E-state index contributed by atoms with van der Waals surface area (Å²) in [4.78, 5) is 15.0. The quantitative estimate of drug-likeness (QED) is 0.420. The highest BCUT2D eigenvalue weighted by Gasteiger charge is 2.34. The molecule has 0 unspecified atom stereocenters. The van der Waals surface area contributed by atoms with E-state index in [0.717, 1.165) is 38.8 Å². The molecule has 2 heteroatoms. The van der Waals surface area contributed by atoms with Crippen molar-refractivity contribution in [2.45, 2.75) is 86.0 Å². The van der Waals surface area contributed by atoms with E-state index in [1.807, 2.05) is 6.08 Å². The Hall–Kier alpha value is -1.31. The molecular formula is C24H41NO. The molecule has 0 saturated carbocycles. The van der Waals surface area contributed by atoms with E-state index >= 15 is 0 Å². The first kappa shape index (κ1) is 22.7. The number of hydrogen-bond acceptors (Lipinski definition) is 1. The SMILES string of the molecule is C=CC/C(=C\C)[C@@]1(C)/C=C\[C@@](C)(CCCC)CCN(C(=O)CCCC)C1. The van der Waals surface area contributed by atoms with Crippen molar-refractivity contribution in [3.63, 3.8) is 0 Å². The summed E-state index contributed by atoms with van der Waals surface area (Å²) in [6, 6.07) is 0. The third-order valence-corrected chi connectivity index (χ3v) is 5.97. The lowest BCUT2D eigenvalue weighted by atomic mass is 9.73. The molecular weight excluding hydrogens is 318 g/mol. The molecule has 0 radical (unpaired) electrons. The fourth-order valence-corrected chi connectivity index (χ4v) is 3.92. The van der Waals surface area contributed by atoms with Crippen molar-refractivity contribution in [1.29, 1.82) is 0 Å². The maximum absolute atomic E-state index is 12.9. The van der Waals surface area contributed by atoms with Crippen molar-refractivity contribution >= 4 is 5.91 Å². The average Bonchev–Trinajstić information content (AvgIpc) is 2.63. The highest BCUT2D eigenvalue weighted by molar-refractivity contribution is 5.76. The van der Waals surface area contributed by atoms with Crippen LogP contribution in [0.2, 0.25) is 0 Å². The summed E-state index contributed by atoms with van der Waals surface area (Å²) < 4.78 is 0. The van der Waals surface area contributed by atoms with E-state index in [9.17, 15) is 4.79 Å². The second-order valence-corrected chi connectivity index (χ2v) is 8.48. The second-order valence-electron chi connectivity index (χ2n) is 8.48. The van der Waals surface area contributed by atoms with Crippen molar-refractivity contribution in [3.8, 4) is 0 Å². The van der Waals surface area contributed by atoms with Crippen LogP contribution in [0, 0.1) is 10.8 Å². The predicted octanol–water partition coefficient (Wildman–Crippen LogP) is 6.69. The van der Waals surface area contributed by atoms with Crippen LogP contribution in [-0.4, -0.2) is 23.9 Å². The molecule has 0 aromatic heterocycles. The largest absolute Gasteiger partial charge is 0.341 e. The first-order chi connectivity index (χ1) is 12.3. The Balaban J connectivity index is 3.19. The topological polar surface area (TPSA) is 20.3 Å². The Bertz CT molecular complexity index is 518. The van der Waals surface area contributed by atoms with E-state index in [2.05, 4.69) is 64.3 Å². The van der Waals surface area contributed by atoms with Crippen LogP contribution in [0.5, 0.6) is 0 Å². The van der Waals surface area contributed by atoms with Gasteiger partial charge in [0.1, 0.15) is 0 Å². The molecule has 0 spiro atoms. The van der Waals surface area contributed by atoms with Gasteiger partial charge in [-0.3, -0.25) is 4.79 Å². The minimum atomic E-state index is -0.112. The standard InChI is InChI=1S/C24H41NO/c1-7-11-14-22(26)25-19-18-23(5,15-12-8-2)16-17-24(6,20-25)21(10-4)13-9-3/h9-10,16-17H,3,7-8,11-15,18-20H2,1-2,4-6H3/b17-16-,21-10+/t23-,24+/m1/s1. The van der Waals surface area contributed by atoms with Crippen LogP contribution in [-0.2, 0) is 4.79 Å². The number of rotatable bonds is 9. The Morgan fingerprint density at radius 1 is 1.19 bits per heavy atom. The molecule has 26 heavy (non-hydrogen) atoms. The summed E-state index contributed by atoms with van der Waals surface area (Å²) >= 11 is 0. The van der Waals surface area contributed by atoms with E-state index < -0.39 is 0 Å². The molecule has 1 heterocycles. The molecule has 0 aromatic rings. The Labute approximate surface area is 162 Å². The molecule has 2 nitrogen and oxygen atoms in total. The number of carbonyl (C=O) groups excluding carboxylic acids is 1. The summed E-state index contributed by atoms with van der Waals surface area (Å²) in [7, 11) is 0. The molecule has 148 valence electrons. The number of amides is 1. The van der Waals surface area contributed by atoms with E-state index in [1.54, 1.807) is 0 Å². The van der Waals surface area contributed by atoms with Gasteiger partial charge in [0.2, 0.25) is 5.91 Å². The maximum atomic E-state index is 12.9. The molecule has 0 bridgehead atoms. The fraction of sp³-hybridized carbons (Fsp3) is 0.708. The van der Waals surface area contributed by atoms with Gasteiger partial charge in [0.25, 0.3) is 0 Å². The van der Waals surface area contributed by atoms with Crippen LogP contribution in [0.1, 0.15) is 86.0 Å². The molecule has 0 aromatic carbocycles. The third kappa shape index (κ3) is 6.45. The summed E-state index contributed by atoms with van der Waals surface area (Å²) in [6.07, 6.45) is 17.3. The number of unbranched alkanes of at least 4 members (excludes halogenated alkanes) is 2. The number of hydrogen-bond donors (Lipinski definition) is 0. The van der Waals surface area contributed by atoms with Gasteiger partial charge in [-0.2, -0.15) is 0 Å². The lowest BCUT2D eigenvalue weighted by molar-refractivity contribution is -0.132. The third-order valence-electron chi connectivity index (χ3n) is 5.97. The number of allylic oxidation sites excluding steroid dienone is 3. The number of nitrogens with zero attached hydrogens (tertiary/aromatic N) is 1. The highest BCUT2D eigenvalue weighted by Crippen LogP contribution is 2.39. The van der Waals surface area contributed by atoms with E-state index in [4.69, 9.17) is 0 Å². The van der Waals surface area contributed by atoms with Gasteiger partial charge in [0, 0.05) is 24.9 Å². The summed E-state index contributed by atoms with van der Waals surface area (Å²) in [5.74, 6) is 0.320. The Morgan fingerprint density at radius 3 is 2.46 bits per heavy atom. The van der Waals surface area contributed by atoms with Gasteiger partial charge >= 0.3 is 0 Å². The fourth-order valence-electron chi connectivity index (χ4n) is 3.92. The van der Waals surface area contributed by atoms with Gasteiger partial charge in [-0.05, 0) is 38.0 Å².